The third-order valence-electron chi connectivity index (χ3n) is 5.40. The average molecular weight is 483 g/mol. The van der Waals surface area contributed by atoms with Crippen LogP contribution >= 0.6 is 0 Å². The number of halogens is 3. The number of carboxylic acids is 2. The topological polar surface area (TPSA) is 125 Å². The van der Waals surface area contributed by atoms with E-state index in [2.05, 4.69) is 27.4 Å². The maximum Gasteiger partial charge on any atom is 0.490 e. The van der Waals surface area contributed by atoms with Crippen molar-refractivity contribution in [3.05, 3.63) is 47.7 Å². The van der Waals surface area contributed by atoms with Gasteiger partial charge in [-0.25, -0.2) is 19.7 Å². The van der Waals surface area contributed by atoms with E-state index in [1.807, 2.05) is 0 Å². The van der Waals surface area contributed by atoms with Gasteiger partial charge in [0.2, 0.25) is 0 Å². The second kappa shape index (κ2) is 13.5. The Morgan fingerprint density at radius 3 is 2.38 bits per heavy atom. The number of rotatable bonds is 10. The van der Waals surface area contributed by atoms with Gasteiger partial charge in [-0.05, 0) is 55.2 Å². The van der Waals surface area contributed by atoms with E-state index in [9.17, 15) is 18.0 Å². The highest BCUT2D eigenvalue weighted by Gasteiger charge is 2.38. The van der Waals surface area contributed by atoms with E-state index >= 15 is 0 Å². The predicted molar refractivity (Wildman–Crippen MR) is 119 cm³/mol. The second-order valence-corrected chi connectivity index (χ2v) is 8.06. The first kappa shape index (κ1) is 27.0. The van der Waals surface area contributed by atoms with Gasteiger partial charge in [0.1, 0.15) is 12.1 Å². The highest BCUT2D eigenvalue weighted by Crippen LogP contribution is 2.25. The van der Waals surface area contributed by atoms with Crippen molar-refractivity contribution < 1.29 is 33.0 Å². The smallest absolute Gasteiger partial charge is 0.481 e. The fourth-order valence-corrected chi connectivity index (χ4v) is 3.68. The zero-order chi connectivity index (χ0) is 25.0. The molecular formula is C23H29F3N4O4. The number of nitrogens with zero attached hydrogens (tertiary/aromatic N) is 3. The molecule has 3 heterocycles. The number of hydrogen-bond acceptors (Lipinski definition) is 6. The summed E-state index contributed by atoms with van der Waals surface area (Å²) in [5, 5.41) is 19.7. The summed E-state index contributed by atoms with van der Waals surface area (Å²) in [5.41, 5.74) is 3.42. The Balaban J connectivity index is 0.000000509. The number of pyridine rings is 1. The van der Waals surface area contributed by atoms with Gasteiger partial charge >= 0.3 is 18.1 Å². The molecule has 0 spiro atoms. The first-order chi connectivity index (χ1) is 16.2. The summed E-state index contributed by atoms with van der Waals surface area (Å²) in [7, 11) is 0. The molecule has 0 amide bonds. The molecule has 34 heavy (non-hydrogen) atoms. The van der Waals surface area contributed by atoms with E-state index in [0.29, 0.717) is 0 Å². The van der Waals surface area contributed by atoms with Crippen LogP contribution in [0, 0.1) is 0 Å². The SMILES string of the molecule is O=C(O)C(F)(F)F.O=C(O)CC(CCCCCCc1ccc2c(n1)NCCC2)c1cncnc1. The normalized spacial score (nSPS) is 13.6. The van der Waals surface area contributed by atoms with Crippen molar-refractivity contribution in [1.29, 1.82) is 0 Å². The fraction of sp³-hybridized carbons (Fsp3) is 0.522. The highest BCUT2D eigenvalue weighted by atomic mass is 19.4. The van der Waals surface area contributed by atoms with Gasteiger partial charge in [0.05, 0.1) is 6.42 Å². The Labute approximate surface area is 195 Å². The second-order valence-electron chi connectivity index (χ2n) is 8.06. The number of carbonyl (C=O) groups is 2. The van der Waals surface area contributed by atoms with Crippen LogP contribution in [0.15, 0.2) is 30.9 Å². The molecular weight excluding hydrogens is 453 g/mol. The minimum absolute atomic E-state index is 0.00270. The molecule has 8 nitrogen and oxygen atoms in total. The fourth-order valence-electron chi connectivity index (χ4n) is 3.68. The van der Waals surface area contributed by atoms with E-state index < -0.39 is 18.1 Å². The van der Waals surface area contributed by atoms with Crippen LogP contribution in [-0.2, 0) is 22.4 Å². The van der Waals surface area contributed by atoms with Gasteiger partial charge in [0.15, 0.2) is 0 Å². The quantitative estimate of drug-likeness (QED) is 0.419. The Morgan fingerprint density at radius 2 is 1.74 bits per heavy atom. The van der Waals surface area contributed by atoms with Crippen LogP contribution in [0.4, 0.5) is 19.0 Å². The van der Waals surface area contributed by atoms with Gasteiger partial charge in [-0.15, -0.1) is 0 Å². The number of nitrogens with one attached hydrogen (secondary N) is 1. The molecule has 3 N–H and O–H groups in total. The van der Waals surface area contributed by atoms with E-state index in [0.717, 1.165) is 68.6 Å². The lowest BCUT2D eigenvalue weighted by Gasteiger charge is -2.17. The van der Waals surface area contributed by atoms with E-state index in [4.69, 9.17) is 20.0 Å². The first-order valence-electron chi connectivity index (χ1n) is 11.2. The maximum absolute atomic E-state index is 11.1. The summed E-state index contributed by atoms with van der Waals surface area (Å²) in [6.07, 6.45) is 8.55. The molecule has 1 aliphatic heterocycles. The molecule has 0 saturated heterocycles. The molecule has 0 fully saturated rings. The number of unbranched alkanes of at least 4 members (excludes halogenated alkanes) is 3. The van der Waals surface area contributed by atoms with Crippen molar-refractivity contribution in [3.8, 4) is 0 Å². The summed E-state index contributed by atoms with van der Waals surface area (Å²) in [4.78, 5) is 32.8. The molecule has 1 aliphatic rings. The molecule has 1 atom stereocenters. The first-order valence-corrected chi connectivity index (χ1v) is 11.2. The Morgan fingerprint density at radius 1 is 1.06 bits per heavy atom. The van der Waals surface area contributed by atoms with Gasteiger partial charge in [0, 0.05) is 24.6 Å². The van der Waals surface area contributed by atoms with Crippen LogP contribution in [-0.4, -0.2) is 49.8 Å². The summed E-state index contributed by atoms with van der Waals surface area (Å²) in [6, 6.07) is 4.37. The van der Waals surface area contributed by atoms with Gasteiger partial charge < -0.3 is 15.5 Å². The highest BCUT2D eigenvalue weighted by molar-refractivity contribution is 5.73. The zero-order valence-corrected chi connectivity index (χ0v) is 18.7. The lowest BCUT2D eigenvalue weighted by molar-refractivity contribution is -0.192. The van der Waals surface area contributed by atoms with Gasteiger partial charge in [-0.3, -0.25) is 4.79 Å². The van der Waals surface area contributed by atoms with E-state index in [-0.39, 0.29) is 12.3 Å². The van der Waals surface area contributed by atoms with Crippen molar-refractivity contribution >= 4 is 17.8 Å². The molecule has 11 heteroatoms. The standard InChI is InChI=1S/C21H28N4O2.C2HF3O2/c26-20(27)12-17(18-13-22-15-23-14-18)6-3-1-2-4-8-19-10-9-16-7-5-11-24-21(16)25-19;3-2(4,5)1(6)7/h9-10,13-15,17H,1-8,11-12H2,(H,24,25)(H,26,27);(H,6,7). The minimum Gasteiger partial charge on any atom is -0.481 e. The molecule has 0 saturated carbocycles. The summed E-state index contributed by atoms with van der Waals surface area (Å²) in [5.74, 6) is -2.46. The van der Waals surface area contributed by atoms with Crippen molar-refractivity contribution in [2.75, 3.05) is 11.9 Å². The largest absolute Gasteiger partial charge is 0.490 e. The molecule has 3 rings (SSSR count). The van der Waals surface area contributed by atoms with Crippen LogP contribution < -0.4 is 5.32 Å². The van der Waals surface area contributed by atoms with Crippen molar-refractivity contribution in [3.63, 3.8) is 0 Å². The Kier molecular flexibility index (Phi) is 10.7. The monoisotopic (exact) mass is 482 g/mol. The van der Waals surface area contributed by atoms with Gasteiger partial charge in [0.25, 0.3) is 0 Å². The van der Waals surface area contributed by atoms with Gasteiger partial charge in [-0.2, -0.15) is 13.2 Å². The molecule has 0 aromatic carbocycles. The average Bonchev–Trinajstić information content (AvgIpc) is 2.80. The summed E-state index contributed by atoms with van der Waals surface area (Å²) in [6.45, 7) is 1.02. The Bertz CT molecular complexity index is 926. The van der Waals surface area contributed by atoms with Crippen molar-refractivity contribution in [1.82, 2.24) is 15.0 Å². The summed E-state index contributed by atoms with van der Waals surface area (Å²) < 4.78 is 31.7. The molecule has 0 radical (unpaired) electrons. The summed E-state index contributed by atoms with van der Waals surface area (Å²) >= 11 is 0. The lowest BCUT2D eigenvalue weighted by atomic mass is 9.92. The third kappa shape index (κ3) is 9.72. The third-order valence-corrected chi connectivity index (χ3v) is 5.40. The number of aromatic nitrogens is 3. The van der Waals surface area contributed by atoms with Crippen LogP contribution in [0.5, 0.6) is 0 Å². The predicted octanol–water partition coefficient (Wildman–Crippen LogP) is 4.61. The number of carboxylic acid groups (broad SMARTS) is 2. The van der Waals surface area contributed by atoms with Crippen molar-refractivity contribution in [2.45, 2.75) is 69.9 Å². The van der Waals surface area contributed by atoms with Crippen LogP contribution in [0.3, 0.4) is 0 Å². The van der Waals surface area contributed by atoms with Gasteiger partial charge in [-0.1, -0.05) is 25.3 Å². The molecule has 0 bridgehead atoms. The molecule has 1 unspecified atom stereocenters. The van der Waals surface area contributed by atoms with Crippen LogP contribution in [0.25, 0.3) is 0 Å². The van der Waals surface area contributed by atoms with E-state index in [1.54, 1.807) is 12.4 Å². The van der Waals surface area contributed by atoms with Crippen LogP contribution in [0.1, 0.15) is 67.7 Å². The number of anilines is 1. The van der Waals surface area contributed by atoms with E-state index in [1.165, 1.54) is 18.3 Å². The number of aliphatic carboxylic acids is 2. The zero-order valence-electron chi connectivity index (χ0n) is 18.7. The van der Waals surface area contributed by atoms with Crippen molar-refractivity contribution in [2.24, 2.45) is 0 Å². The number of fused-ring (bicyclic) bond motifs is 1. The molecule has 0 aliphatic carbocycles. The lowest BCUT2D eigenvalue weighted by Crippen LogP contribution is -2.21. The number of alkyl halides is 3. The molecule has 2 aromatic rings. The molecule has 186 valence electrons. The van der Waals surface area contributed by atoms with Crippen LogP contribution in [0.2, 0.25) is 0 Å². The Hall–Kier alpha value is -3.24. The maximum atomic E-state index is 11.1. The molecule has 2 aromatic heterocycles. The number of aryl methyl sites for hydroxylation is 2. The number of hydrogen-bond donors (Lipinski definition) is 3. The minimum atomic E-state index is -5.08.